The van der Waals surface area contributed by atoms with Gasteiger partial charge in [-0.3, -0.25) is 4.79 Å². The fraction of sp³-hybridized carbons (Fsp3) is 0.357. The van der Waals surface area contributed by atoms with E-state index in [1.54, 1.807) is 17.1 Å². The van der Waals surface area contributed by atoms with Crippen molar-refractivity contribution in [2.75, 3.05) is 11.4 Å². The molecule has 3 heteroatoms. The average molecular weight is 231 g/mol. The van der Waals surface area contributed by atoms with Crippen LogP contribution in [0.1, 0.15) is 13.3 Å². The van der Waals surface area contributed by atoms with Crippen molar-refractivity contribution in [3.8, 4) is 0 Å². The normalized spacial score (nSPS) is 22.4. The van der Waals surface area contributed by atoms with Gasteiger partial charge in [0.05, 0.1) is 12.0 Å². The van der Waals surface area contributed by atoms with Crippen LogP contribution in [0.4, 0.5) is 5.69 Å². The minimum absolute atomic E-state index is 0.0156. The zero-order valence-corrected chi connectivity index (χ0v) is 9.91. The van der Waals surface area contributed by atoms with E-state index in [1.807, 2.05) is 37.3 Å². The Hall–Kier alpha value is -1.61. The van der Waals surface area contributed by atoms with Gasteiger partial charge in [0, 0.05) is 12.2 Å². The molecule has 17 heavy (non-hydrogen) atoms. The van der Waals surface area contributed by atoms with Crippen LogP contribution in [0.5, 0.6) is 0 Å². The van der Waals surface area contributed by atoms with Gasteiger partial charge in [0.1, 0.15) is 0 Å². The molecule has 1 saturated heterocycles. The van der Waals surface area contributed by atoms with Crippen molar-refractivity contribution in [1.82, 2.24) is 0 Å². The lowest BCUT2D eigenvalue weighted by molar-refractivity contribution is -0.122. The second-order valence-corrected chi connectivity index (χ2v) is 4.24. The first kappa shape index (κ1) is 11.9. The number of hydrogen-bond donors (Lipinski definition) is 1. The van der Waals surface area contributed by atoms with Gasteiger partial charge in [-0.15, -0.1) is 0 Å². The number of amides is 1. The van der Waals surface area contributed by atoms with Crippen LogP contribution in [0.15, 0.2) is 42.5 Å². The topological polar surface area (TPSA) is 40.5 Å². The Kier molecular flexibility index (Phi) is 3.59. The molecule has 3 nitrogen and oxygen atoms in total. The number of nitrogens with zero attached hydrogens (tertiary/aromatic N) is 1. The molecule has 1 N–H and O–H groups in total. The molecular formula is C14H17NO2. The summed E-state index contributed by atoms with van der Waals surface area (Å²) >= 11 is 0. The van der Waals surface area contributed by atoms with Gasteiger partial charge < -0.3 is 10.0 Å². The summed E-state index contributed by atoms with van der Waals surface area (Å²) < 4.78 is 0. The molecule has 1 aromatic rings. The highest BCUT2D eigenvalue weighted by atomic mass is 16.3. The summed E-state index contributed by atoms with van der Waals surface area (Å²) in [6.07, 6.45) is 3.50. The van der Waals surface area contributed by atoms with Gasteiger partial charge in [-0.25, -0.2) is 0 Å². The number of rotatable bonds is 3. The quantitative estimate of drug-likeness (QED) is 0.808. The summed E-state index contributed by atoms with van der Waals surface area (Å²) in [5.74, 6) is -0.284. The van der Waals surface area contributed by atoms with Crippen LogP contribution in [0, 0.1) is 5.92 Å². The fourth-order valence-electron chi connectivity index (χ4n) is 2.21. The molecule has 2 atom stereocenters. The van der Waals surface area contributed by atoms with Crippen molar-refractivity contribution in [3.05, 3.63) is 42.5 Å². The number of aliphatic hydroxyl groups excluding tert-OH is 1. The van der Waals surface area contributed by atoms with E-state index >= 15 is 0 Å². The van der Waals surface area contributed by atoms with Crippen molar-refractivity contribution >= 4 is 11.6 Å². The van der Waals surface area contributed by atoms with E-state index in [-0.39, 0.29) is 11.8 Å². The van der Waals surface area contributed by atoms with Crippen LogP contribution in [0.25, 0.3) is 0 Å². The first-order valence-corrected chi connectivity index (χ1v) is 5.91. The van der Waals surface area contributed by atoms with Gasteiger partial charge in [-0.1, -0.05) is 30.4 Å². The van der Waals surface area contributed by atoms with Crippen LogP contribution < -0.4 is 4.90 Å². The number of anilines is 1. The smallest absolute Gasteiger partial charge is 0.233 e. The number of benzene rings is 1. The number of hydrogen-bond acceptors (Lipinski definition) is 2. The van der Waals surface area contributed by atoms with Crippen molar-refractivity contribution in [3.63, 3.8) is 0 Å². The highest BCUT2D eigenvalue weighted by Crippen LogP contribution is 2.27. The molecule has 1 amide bonds. The maximum atomic E-state index is 12.2. The van der Waals surface area contributed by atoms with Gasteiger partial charge in [0.15, 0.2) is 0 Å². The lowest BCUT2D eigenvalue weighted by atomic mass is 10.0. The van der Waals surface area contributed by atoms with E-state index in [1.165, 1.54) is 0 Å². The monoisotopic (exact) mass is 231 g/mol. The Labute approximate surface area is 101 Å². The summed E-state index contributed by atoms with van der Waals surface area (Å²) in [5.41, 5.74) is 0.910. The van der Waals surface area contributed by atoms with E-state index in [9.17, 15) is 9.90 Å². The number of carbonyl (C=O) groups excluding carboxylic acids is 1. The van der Waals surface area contributed by atoms with Gasteiger partial charge in [0.25, 0.3) is 0 Å². The van der Waals surface area contributed by atoms with Crippen molar-refractivity contribution in [2.24, 2.45) is 5.92 Å². The first-order chi connectivity index (χ1) is 8.24. The van der Waals surface area contributed by atoms with Crippen molar-refractivity contribution in [2.45, 2.75) is 19.4 Å². The Morgan fingerprint density at radius 1 is 1.41 bits per heavy atom. The number of allylic oxidation sites excluding steroid dienone is 1. The van der Waals surface area contributed by atoms with Gasteiger partial charge in [0.2, 0.25) is 5.91 Å². The largest absolute Gasteiger partial charge is 0.388 e. The predicted molar refractivity (Wildman–Crippen MR) is 67.7 cm³/mol. The maximum absolute atomic E-state index is 12.2. The SMILES string of the molecule is C/C=C/[C@@H](O)[C@H]1CCN(c2ccccc2)C1=O. The van der Waals surface area contributed by atoms with Crippen molar-refractivity contribution < 1.29 is 9.90 Å². The molecule has 1 heterocycles. The summed E-state index contributed by atoms with van der Waals surface area (Å²) in [7, 11) is 0. The number of para-hydroxylation sites is 1. The van der Waals surface area contributed by atoms with E-state index in [0.29, 0.717) is 13.0 Å². The molecule has 90 valence electrons. The molecular weight excluding hydrogens is 214 g/mol. The molecule has 0 spiro atoms. The summed E-state index contributed by atoms with van der Waals surface area (Å²) in [6.45, 7) is 2.53. The van der Waals surface area contributed by atoms with E-state index in [2.05, 4.69) is 0 Å². The van der Waals surface area contributed by atoms with Crippen LogP contribution in [-0.4, -0.2) is 23.7 Å². The first-order valence-electron chi connectivity index (χ1n) is 5.91. The third kappa shape index (κ3) is 2.39. The number of aliphatic hydroxyl groups is 1. The third-order valence-corrected chi connectivity index (χ3v) is 3.12. The molecule has 1 aliphatic rings. The molecule has 0 radical (unpaired) electrons. The minimum Gasteiger partial charge on any atom is -0.388 e. The van der Waals surface area contributed by atoms with Crippen molar-refractivity contribution in [1.29, 1.82) is 0 Å². The van der Waals surface area contributed by atoms with E-state index in [4.69, 9.17) is 0 Å². The second kappa shape index (κ2) is 5.15. The maximum Gasteiger partial charge on any atom is 0.233 e. The number of carbonyl (C=O) groups is 1. The van der Waals surface area contributed by atoms with Gasteiger partial charge >= 0.3 is 0 Å². The molecule has 1 aliphatic heterocycles. The highest BCUT2D eigenvalue weighted by Gasteiger charge is 2.36. The third-order valence-electron chi connectivity index (χ3n) is 3.12. The van der Waals surface area contributed by atoms with Gasteiger partial charge in [-0.05, 0) is 25.5 Å². The summed E-state index contributed by atoms with van der Waals surface area (Å²) in [4.78, 5) is 13.9. The van der Waals surface area contributed by atoms with Crippen LogP contribution in [-0.2, 0) is 4.79 Å². The van der Waals surface area contributed by atoms with Crippen LogP contribution in [0.3, 0.4) is 0 Å². The Morgan fingerprint density at radius 2 is 2.12 bits per heavy atom. The van der Waals surface area contributed by atoms with E-state index in [0.717, 1.165) is 5.69 Å². The molecule has 0 aromatic heterocycles. The standard InChI is InChI=1S/C14H17NO2/c1-2-6-13(16)12-9-10-15(14(12)17)11-7-4-3-5-8-11/h2-8,12-13,16H,9-10H2,1H3/b6-2+/t12-,13-/m1/s1. The minimum atomic E-state index is -0.666. The molecule has 0 bridgehead atoms. The van der Waals surface area contributed by atoms with Crippen LogP contribution in [0.2, 0.25) is 0 Å². The molecule has 0 aliphatic carbocycles. The second-order valence-electron chi connectivity index (χ2n) is 4.24. The summed E-state index contributed by atoms with van der Waals surface area (Å²) in [5, 5.41) is 9.85. The lowest BCUT2D eigenvalue weighted by Gasteiger charge is -2.17. The molecule has 0 unspecified atom stereocenters. The van der Waals surface area contributed by atoms with Gasteiger partial charge in [-0.2, -0.15) is 0 Å². The Morgan fingerprint density at radius 3 is 2.76 bits per heavy atom. The highest BCUT2D eigenvalue weighted by molar-refractivity contribution is 5.97. The lowest BCUT2D eigenvalue weighted by Crippen LogP contribution is -2.31. The fourth-order valence-corrected chi connectivity index (χ4v) is 2.21. The van der Waals surface area contributed by atoms with E-state index < -0.39 is 6.10 Å². The Bertz CT molecular complexity index is 413. The summed E-state index contributed by atoms with van der Waals surface area (Å²) in [6, 6.07) is 9.59. The molecule has 1 fully saturated rings. The average Bonchev–Trinajstić information content (AvgIpc) is 2.72. The van der Waals surface area contributed by atoms with Crippen LogP contribution >= 0.6 is 0 Å². The Balaban J connectivity index is 2.13. The predicted octanol–water partition coefficient (Wildman–Crippen LogP) is 1.98. The zero-order valence-electron chi connectivity index (χ0n) is 9.91. The zero-order chi connectivity index (χ0) is 12.3. The molecule has 2 rings (SSSR count). The molecule has 0 saturated carbocycles. The molecule has 1 aromatic carbocycles.